The number of furan rings is 1. The third-order valence-corrected chi connectivity index (χ3v) is 5.30. The Hall–Kier alpha value is -3.50. The minimum Gasteiger partial charge on any atom is -0.454 e. The van der Waals surface area contributed by atoms with Gasteiger partial charge < -0.3 is 28.5 Å². The van der Waals surface area contributed by atoms with Crippen LogP contribution in [0, 0.1) is 0 Å². The van der Waals surface area contributed by atoms with Crippen molar-refractivity contribution < 1.29 is 47.6 Å². The minimum atomic E-state index is -1.48. The Morgan fingerprint density at radius 2 is 1.73 bits per heavy atom. The number of carbonyl (C=O) groups excluding carboxylic acids is 4. The van der Waals surface area contributed by atoms with E-state index < -0.39 is 42.5 Å². The van der Waals surface area contributed by atoms with Gasteiger partial charge in [0.2, 0.25) is 12.1 Å². The summed E-state index contributed by atoms with van der Waals surface area (Å²) in [5.41, 5.74) is 0.479. The summed E-state index contributed by atoms with van der Waals surface area (Å²) >= 11 is 0. The first-order valence-electron chi connectivity index (χ1n) is 10.5. The minimum absolute atomic E-state index is 0.0219. The Bertz CT molecular complexity index is 1030. The maximum absolute atomic E-state index is 12.6. The van der Waals surface area contributed by atoms with Crippen molar-refractivity contribution in [3.63, 3.8) is 0 Å². The van der Waals surface area contributed by atoms with Crippen LogP contribution in [0.3, 0.4) is 0 Å². The molecule has 1 saturated heterocycles. The second-order valence-corrected chi connectivity index (χ2v) is 7.67. The molecule has 0 amide bonds. The molecule has 2 atom stereocenters. The summed E-state index contributed by atoms with van der Waals surface area (Å²) in [6, 6.07) is 7.57. The molecule has 0 bridgehead atoms. The topological polar surface area (TPSA) is 139 Å². The van der Waals surface area contributed by atoms with Crippen molar-refractivity contribution in [1.82, 2.24) is 0 Å². The van der Waals surface area contributed by atoms with Gasteiger partial charge in [-0.25, -0.2) is 4.79 Å². The van der Waals surface area contributed by atoms with Gasteiger partial charge in [-0.15, -0.1) is 0 Å². The van der Waals surface area contributed by atoms with Crippen LogP contribution in [0.15, 0.2) is 34.7 Å². The van der Waals surface area contributed by atoms with Crippen molar-refractivity contribution in [3.05, 3.63) is 58.5 Å². The average Bonchev–Trinajstić information content (AvgIpc) is 3.24. The van der Waals surface area contributed by atoms with Crippen molar-refractivity contribution in [2.45, 2.75) is 44.7 Å². The first-order valence-corrected chi connectivity index (χ1v) is 10.5. The summed E-state index contributed by atoms with van der Waals surface area (Å²) in [4.78, 5) is 49.2. The fraction of sp³-hybridized carbons (Fsp3) is 0.391. The molecule has 0 spiro atoms. The number of esters is 1. The van der Waals surface area contributed by atoms with Gasteiger partial charge in [-0.05, 0) is 6.07 Å². The van der Waals surface area contributed by atoms with Crippen molar-refractivity contribution in [2.24, 2.45) is 0 Å². The number of ketones is 2. The lowest BCUT2D eigenvalue weighted by Gasteiger charge is -2.22. The number of benzene rings is 1. The Balaban J connectivity index is 1.32. The number of aliphatic hydroxyl groups excluding tert-OH is 1. The molecule has 10 heteroatoms. The highest BCUT2D eigenvalue weighted by Crippen LogP contribution is 2.32. The van der Waals surface area contributed by atoms with E-state index in [4.69, 9.17) is 23.4 Å². The molecule has 1 aliphatic carbocycles. The highest BCUT2D eigenvalue weighted by molar-refractivity contribution is 6.27. The summed E-state index contributed by atoms with van der Waals surface area (Å²) in [7, 11) is 0. The fourth-order valence-electron chi connectivity index (χ4n) is 3.67. The number of ether oxygens (including phenoxy) is 4. The quantitative estimate of drug-likeness (QED) is 0.433. The van der Waals surface area contributed by atoms with E-state index in [9.17, 15) is 24.3 Å². The Labute approximate surface area is 188 Å². The van der Waals surface area contributed by atoms with Gasteiger partial charge in [0.25, 0.3) is 0 Å². The van der Waals surface area contributed by atoms with E-state index in [-0.39, 0.29) is 34.3 Å². The molecule has 2 aliphatic rings. The van der Waals surface area contributed by atoms with E-state index in [1.807, 2.05) is 0 Å². The number of aliphatic hydroxyl groups is 1. The second kappa shape index (κ2) is 9.55. The number of carbonyl (C=O) groups is 4. The molecule has 1 fully saturated rings. The molecule has 4 rings (SSSR count). The van der Waals surface area contributed by atoms with Crippen molar-refractivity contribution in [3.8, 4) is 0 Å². The van der Waals surface area contributed by atoms with Gasteiger partial charge in [-0.1, -0.05) is 24.3 Å². The largest absolute Gasteiger partial charge is 0.511 e. The molecule has 1 aliphatic heterocycles. The highest BCUT2D eigenvalue weighted by Gasteiger charge is 2.35. The lowest BCUT2D eigenvalue weighted by Crippen LogP contribution is -2.29. The van der Waals surface area contributed by atoms with E-state index in [1.54, 1.807) is 12.1 Å². The molecule has 174 valence electrons. The summed E-state index contributed by atoms with van der Waals surface area (Å²) in [6.07, 6.45) is -3.47. The third-order valence-electron chi connectivity index (χ3n) is 5.30. The zero-order valence-corrected chi connectivity index (χ0v) is 17.8. The lowest BCUT2D eigenvalue weighted by molar-refractivity contribution is -0.171. The van der Waals surface area contributed by atoms with Crippen molar-refractivity contribution >= 4 is 23.7 Å². The third kappa shape index (κ3) is 4.96. The lowest BCUT2D eigenvalue weighted by atomic mass is 9.88. The van der Waals surface area contributed by atoms with Crippen LogP contribution in [0.4, 0.5) is 4.79 Å². The average molecular weight is 458 g/mol. The van der Waals surface area contributed by atoms with Crippen molar-refractivity contribution in [1.29, 1.82) is 0 Å². The molecule has 2 unspecified atom stereocenters. The predicted molar refractivity (Wildman–Crippen MR) is 109 cm³/mol. The number of rotatable bonds is 6. The molecule has 0 saturated carbocycles. The van der Waals surface area contributed by atoms with E-state index in [2.05, 4.69) is 0 Å². The molecular weight excluding hydrogens is 436 g/mol. The van der Waals surface area contributed by atoms with Gasteiger partial charge in [0, 0.05) is 30.9 Å². The Morgan fingerprint density at radius 3 is 2.42 bits per heavy atom. The molecule has 1 N–H and O–H groups in total. The van der Waals surface area contributed by atoms with E-state index >= 15 is 0 Å². The van der Waals surface area contributed by atoms with E-state index in [0.29, 0.717) is 26.1 Å². The highest BCUT2D eigenvalue weighted by atomic mass is 16.8. The van der Waals surface area contributed by atoms with Crippen LogP contribution in [-0.4, -0.2) is 54.4 Å². The molecular formula is C23H22O10. The second-order valence-electron chi connectivity index (χ2n) is 7.67. The molecule has 1 aromatic heterocycles. The molecule has 1 aromatic carbocycles. The van der Waals surface area contributed by atoms with Crippen LogP contribution < -0.4 is 0 Å². The van der Waals surface area contributed by atoms with E-state index in [1.165, 1.54) is 25.1 Å². The van der Waals surface area contributed by atoms with Crippen LogP contribution in [0.5, 0.6) is 0 Å². The summed E-state index contributed by atoms with van der Waals surface area (Å²) in [5, 5.41) is 10.4. The van der Waals surface area contributed by atoms with Crippen LogP contribution in [-0.2, 0) is 23.7 Å². The zero-order chi connectivity index (χ0) is 23.5. The van der Waals surface area contributed by atoms with Crippen molar-refractivity contribution in [2.75, 3.05) is 13.2 Å². The van der Waals surface area contributed by atoms with Crippen LogP contribution in [0.25, 0.3) is 0 Å². The van der Waals surface area contributed by atoms with Crippen LogP contribution in [0.1, 0.15) is 70.1 Å². The number of hydrogen-bond acceptors (Lipinski definition) is 10. The number of hydrogen-bond donors (Lipinski definition) is 1. The molecule has 2 aromatic rings. The van der Waals surface area contributed by atoms with Gasteiger partial charge >= 0.3 is 12.1 Å². The SMILES string of the molecule is CC(OC(=O)CC(O)c1cc2c(o1)C(=O)c1ccccc1C2=O)OC(=O)OC1CCOCC1. The first kappa shape index (κ1) is 22.7. The standard InChI is InChI=1S/C23H22O10/c1-12(31-23(28)32-13-6-8-29-9-7-13)30-19(25)11-17(24)18-10-16-20(26)14-4-2-3-5-15(14)21(27)22(16)33-18/h2-5,10,12-13,17,24H,6-9,11H2,1H3. The van der Waals surface area contributed by atoms with Gasteiger partial charge in [0.05, 0.1) is 25.2 Å². The molecule has 2 heterocycles. The summed E-state index contributed by atoms with van der Waals surface area (Å²) in [5.74, 6) is -2.09. The fourth-order valence-corrected chi connectivity index (χ4v) is 3.67. The smallest absolute Gasteiger partial charge is 0.454 e. The molecule has 33 heavy (non-hydrogen) atoms. The Kier molecular flexibility index (Phi) is 6.57. The molecule has 10 nitrogen and oxygen atoms in total. The van der Waals surface area contributed by atoms with E-state index in [0.717, 1.165) is 0 Å². The van der Waals surface area contributed by atoms with Crippen LogP contribution >= 0.6 is 0 Å². The van der Waals surface area contributed by atoms with Gasteiger partial charge in [-0.3, -0.25) is 14.4 Å². The van der Waals surface area contributed by atoms with Gasteiger partial charge in [-0.2, -0.15) is 0 Å². The maximum atomic E-state index is 12.6. The normalized spacial score (nSPS) is 17.5. The summed E-state index contributed by atoms with van der Waals surface area (Å²) < 4.78 is 25.6. The summed E-state index contributed by atoms with van der Waals surface area (Å²) in [6.45, 7) is 2.30. The Morgan fingerprint density at radius 1 is 1.06 bits per heavy atom. The van der Waals surface area contributed by atoms with Gasteiger partial charge in [0.15, 0.2) is 11.5 Å². The zero-order valence-electron chi connectivity index (χ0n) is 17.8. The maximum Gasteiger partial charge on any atom is 0.511 e. The predicted octanol–water partition coefficient (Wildman–Crippen LogP) is 2.70. The molecule has 0 radical (unpaired) electrons. The first-order chi connectivity index (χ1) is 15.8. The number of fused-ring (bicyclic) bond motifs is 2. The van der Waals surface area contributed by atoms with Gasteiger partial charge in [0.1, 0.15) is 18.0 Å². The monoisotopic (exact) mass is 458 g/mol. The van der Waals surface area contributed by atoms with Crippen LogP contribution in [0.2, 0.25) is 0 Å².